The Hall–Kier alpha value is -1.33. The van der Waals surface area contributed by atoms with Gasteiger partial charge < -0.3 is 15.2 Å². The molecule has 5 nitrogen and oxygen atoms in total. The minimum absolute atomic E-state index is 0.0795. The predicted octanol–water partition coefficient (Wildman–Crippen LogP) is 2.91. The summed E-state index contributed by atoms with van der Waals surface area (Å²) in [6.07, 6.45) is 2.12. The van der Waals surface area contributed by atoms with Crippen molar-refractivity contribution in [3.63, 3.8) is 0 Å². The van der Waals surface area contributed by atoms with Gasteiger partial charge in [0, 0.05) is 26.0 Å². The van der Waals surface area contributed by atoms with Crippen molar-refractivity contribution in [3.05, 3.63) is 22.8 Å². The second-order valence-corrected chi connectivity index (χ2v) is 5.02. The van der Waals surface area contributed by atoms with Crippen LogP contribution in [0.2, 0.25) is 5.02 Å². The topological polar surface area (TPSA) is 71.5 Å². The van der Waals surface area contributed by atoms with Crippen molar-refractivity contribution in [2.45, 2.75) is 20.3 Å². The molecule has 0 fully saturated rings. The van der Waals surface area contributed by atoms with Gasteiger partial charge in [0.05, 0.1) is 10.6 Å². The van der Waals surface area contributed by atoms with E-state index < -0.39 is 5.97 Å². The number of rotatable bonds is 8. The fourth-order valence-electron chi connectivity index (χ4n) is 1.39. The van der Waals surface area contributed by atoms with Crippen molar-refractivity contribution < 1.29 is 14.6 Å². The van der Waals surface area contributed by atoms with Gasteiger partial charge in [-0.15, -0.1) is 0 Å². The van der Waals surface area contributed by atoms with E-state index in [2.05, 4.69) is 24.1 Å². The molecule has 6 heteroatoms. The summed E-state index contributed by atoms with van der Waals surface area (Å²) in [5, 5.41) is 12.1. The molecule has 0 radical (unpaired) electrons. The maximum absolute atomic E-state index is 10.7. The highest BCUT2D eigenvalue weighted by molar-refractivity contribution is 6.33. The van der Waals surface area contributed by atoms with Gasteiger partial charge in [-0.1, -0.05) is 25.4 Å². The lowest BCUT2D eigenvalue weighted by Crippen LogP contribution is -2.10. The number of carboxylic acid groups (broad SMARTS) is 1. The van der Waals surface area contributed by atoms with Crippen molar-refractivity contribution in [1.29, 1.82) is 0 Å². The van der Waals surface area contributed by atoms with E-state index in [1.54, 1.807) is 0 Å². The van der Waals surface area contributed by atoms with Crippen LogP contribution in [0.5, 0.6) is 0 Å². The molecule has 0 aliphatic heterocycles. The largest absolute Gasteiger partial charge is 0.478 e. The smallest absolute Gasteiger partial charge is 0.337 e. The van der Waals surface area contributed by atoms with Gasteiger partial charge in [0.1, 0.15) is 5.82 Å². The van der Waals surface area contributed by atoms with Crippen LogP contribution >= 0.6 is 11.6 Å². The van der Waals surface area contributed by atoms with E-state index in [1.165, 1.54) is 12.3 Å². The highest BCUT2D eigenvalue weighted by atomic mass is 35.5. The van der Waals surface area contributed by atoms with Crippen LogP contribution in [0, 0.1) is 5.92 Å². The Kier molecular flexibility index (Phi) is 6.59. The van der Waals surface area contributed by atoms with Crippen LogP contribution in [0.25, 0.3) is 0 Å². The first-order chi connectivity index (χ1) is 9.00. The molecule has 0 unspecified atom stereocenters. The molecule has 0 saturated heterocycles. The summed E-state index contributed by atoms with van der Waals surface area (Å²) in [6, 6.07) is 1.38. The minimum atomic E-state index is -1.04. The minimum Gasteiger partial charge on any atom is -0.478 e. The summed E-state index contributed by atoms with van der Waals surface area (Å²) >= 11 is 5.94. The lowest BCUT2D eigenvalue weighted by molar-refractivity contribution is 0.0696. The number of aromatic carboxylic acids is 1. The summed E-state index contributed by atoms with van der Waals surface area (Å²) in [4.78, 5) is 14.7. The first-order valence-electron chi connectivity index (χ1n) is 6.21. The molecule has 0 aliphatic rings. The zero-order valence-electron chi connectivity index (χ0n) is 11.1. The second-order valence-electron chi connectivity index (χ2n) is 4.61. The fraction of sp³-hybridized carbons (Fsp3) is 0.538. The third-order valence-electron chi connectivity index (χ3n) is 2.30. The van der Waals surface area contributed by atoms with Gasteiger partial charge in [-0.2, -0.15) is 0 Å². The summed E-state index contributed by atoms with van der Waals surface area (Å²) in [6.45, 7) is 6.32. The number of hydrogen-bond acceptors (Lipinski definition) is 4. The van der Waals surface area contributed by atoms with E-state index in [-0.39, 0.29) is 5.56 Å². The SMILES string of the molecule is CC(C)COCCCNc1ncc(C(=O)O)cc1Cl. The number of nitrogens with one attached hydrogen (secondary N) is 1. The summed E-state index contributed by atoms with van der Waals surface area (Å²) in [7, 11) is 0. The molecule has 1 heterocycles. The van der Waals surface area contributed by atoms with E-state index in [0.717, 1.165) is 13.0 Å². The van der Waals surface area contributed by atoms with Crippen molar-refractivity contribution >= 4 is 23.4 Å². The van der Waals surface area contributed by atoms with Crippen LogP contribution in [0.1, 0.15) is 30.6 Å². The number of hydrogen-bond donors (Lipinski definition) is 2. The van der Waals surface area contributed by atoms with Crippen molar-refractivity contribution in [3.8, 4) is 0 Å². The number of ether oxygens (including phenoxy) is 1. The molecule has 2 N–H and O–H groups in total. The Balaban J connectivity index is 2.32. The lowest BCUT2D eigenvalue weighted by Gasteiger charge is -2.09. The lowest BCUT2D eigenvalue weighted by atomic mass is 10.2. The molecule has 0 bridgehead atoms. The third-order valence-corrected chi connectivity index (χ3v) is 2.59. The second kappa shape index (κ2) is 7.96. The van der Waals surface area contributed by atoms with Gasteiger partial charge >= 0.3 is 5.97 Å². The predicted molar refractivity (Wildman–Crippen MR) is 75.0 cm³/mol. The van der Waals surface area contributed by atoms with Gasteiger partial charge in [0.15, 0.2) is 0 Å². The monoisotopic (exact) mass is 286 g/mol. The van der Waals surface area contributed by atoms with Crippen LogP contribution in [0.3, 0.4) is 0 Å². The zero-order valence-corrected chi connectivity index (χ0v) is 11.9. The van der Waals surface area contributed by atoms with Gasteiger partial charge in [0.2, 0.25) is 0 Å². The standard InChI is InChI=1S/C13H19ClN2O3/c1-9(2)8-19-5-3-4-15-12-11(14)6-10(7-16-12)13(17)18/h6-7,9H,3-5,8H2,1-2H3,(H,15,16)(H,17,18). The summed E-state index contributed by atoms with van der Waals surface area (Å²) < 4.78 is 5.44. The number of carboxylic acids is 1. The molecule has 106 valence electrons. The van der Waals surface area contributed by atoms with Crippen LogP contribution in [0.15, 0.2) is 12.3 Å². The molecular weight excluding hydrogens is 268 g/mol. The van der Waals surface area contributed by atoms with Crippen LogP contribution in [-0.4, -0.2) is 35.8 Å². The molecule has 0 atom stereocenters. The number of carbonyl (C=O) groups is 1. The Morgan fingerprint density at radius 2 is 2.32 bits per heavy atom. The van der Waals surface area contributed by atoms with Gasteiger partial charge in [-0.3, -0.25) is 0 Å². The Morgan fingerprint density at radius 3 is 2.89 bits per heavy atom. The highest BCUT2D eigenvalue weighted by Crippen LogP contribution is 2.19. The van der Waals surface area contributed by atoms with E-state index in [1.807, 2.05) is 0 Å². The normalized spacial score (nSPS) is 10.7. The molecule has 0 spiro atoms. The van der Waals surface area contributed by atoms with E-state index >= 15 is 0 Å². The Bertz CT molecular complexity index is 424. The first kappa shape index (κ1) is 15.7. The number of halogens is 1. The molecule has 0 amide bonds. The molecule has 0 aliphatic carbocycles. The van der Waals surface area contributed by atoms with E-state index in [0.29, 0.717) is 29.9 Å². The molecule has 0 aromatic carbocycles. The van der Waals surface area contributed by atoms with Gasteiger partial charge in [0.25, 0.3) is 0 Å². The quantitative estimate of drug-likeness (QED) is 0.719. The van der Waals surface area contributed by atoms with Crippen LogP contribution in [-0.2, 0) is 4.74 Å². The van der Waals surface area contributed by atoms with Crippen LogP contribution < -0.4 is 5.32 Å². The number of anilines is 1. The summed E-state index contributed by atoms with van der Waals surface area (Å²) in [5.41, 5.74) is 0.0795. The number of pyridine rings is 1. The molecule has 1 rings (SSSR count). The Morgan fingerprint density at radius 1 is 1.58 bits per heavy atom. The fourth-order valence-corrected chi connectivity index (χ4v) is 1.62. The van der Waals surface area contributed by atoms with Gasteiger partial charge in [-0.25, -0.2) is 9.78 Å². The van der Waals surface area contributed by atoms with Crippen molar-refractivity contribution in [1.82, 2.24) is 4.98 Å². The number of aromatic nitrogens is 1. The molecule has 19 heavy (non-hydrogen) atoms. The maximum Gasteiger partial charge on any atom is 0.337 e. The number of nitrogens with zero attached hydrogens (tertiary/aromatic N) is 1. The summed E-state index contributed by atoms with van der Waals surface area (Å²) in [5.74, 6) is -0.00815. The van der Waals surface area contributed by atoms with Gasteiger partial charge in [-0.05, 0) is 18.4 Å². The maximum atomic E-state index is 10.7. The van der Waals surface area contributed by atoms with Crippen molar-refractivity contribution in [2.24, 2.45) is 5.92 Å². The van der Waals surface area contributed by atoms with E-state index in [4.69, 9.17) is 21.4 Å². The average molecular weight is 287 g/mol. The highest BCUT2D eigenvalue weighted by Gasteiger charge is 2.07. The zero-order chi connectivity index (χ0) is 14.3. The average Bonchev–Trinajstić information content (AvgIpc) is 2.34. The molecule has 1 aromatic heterocycles. The van der Waals surface area contributed by atoms with E-state index in [9.17, 15) is 4.79 Å². The molecule has 1 aromatic rings. The third kappa shape index (κ3) is 5.89. The van der Waals surface area contributed by atoms with Crippen molar-refractivity contribution in [2.75, 3.05) is 25.1 Å². The molecule has 0 saturated carbocycles. The Labute approximate surface area is 117 Å². The first-order valence-corrected chi connectivity index (χ1v) is 6.59. The molecular formula is C13H19ClN2O3. The van der Waals surface area contributed by atoms with Crippen LogP contribution in [0.4, 0.5) is 5.82 Å².